The van der Waals surface area contributed by atoms with Gasteiger partial charge in [0.1, 0.15) is 12.4 Å². The van der Waals surface area contributed by atoms with Crippen LogP contribution in [0.1, 0.15) is 11.1 Å². The summed E-state index contributed by atoms with van der Waals surface area (Å²) in [5.41, 5.74) is 1.26. The zero-order valence-electron chi connectivity index (χ0n) is 13.1. The smallest absolute Gasteiger partial charge is 0.243 e. The van der Waals surface area contributed by atoms with Crippen LogP contribution in [-0.2, 0) is 19.6 Å². The van der Waals surface area contributed by atoms with E-state index in [9.17, 15) is 13.2 Å². The summed E-state index contributed by atoms with van der Waals surface area (Å²) in [6.07, 6.45) is 0. The van der Waals surface area contributed by atoms with Crippen LogP contribution in [0.3, 0.4) is 0 Å². The number of carbonyl (C=O) groups excluding carboxylic acids is 1. The number of likely N-dealkylation sites (N-methyl/N-ethyl adjacent to an activating group) is 1. The quantitative estimate of drug-likeness (QED) is 0.350. The molecule has 0 unspecified atom stereocenters. The number of hydrogen-bond donors (Lipinski definition) is 0. The Bertz CT molecular complexity index is 622. The molecule has 0 atom stereocenters. The fourth-order valence-electron chi connectivity index (χ4n) is 2.06. The van der Waals surface area contributed by atoms with Crippen LogP contribution in [-0.4, -0.2) is 50.4 Å². The fraction of sp³-hybridized carbons (Fsp3) is 0.500. The lowest BCUT2D eigenvalue weighted by atomic mass is 10.1. The van der Waals surface area contributed by atoms with E-state index in [2.05, 4.69) is 0 Å². The van der Waals surface area contributed by atoms with E-state index in [1.807, 2.05) is 0 Å². The molecule has 0 amide bonds. The Morgan fingerprint density at radius 1 is 1.27 bits per heavy atom. The van der Waals surface area contributed by atoms with E-state index in [1.165, 1.54) is 11.4 Å². The summed E-state index contributed by atoms with van der Waals surface area (Å²) < 4.78 is 36.7. The highest BCUT2D eigenvalue weighted by Gasteiger charge is 2.25. The second-order valence-corrected chi connectivity index (χ2v) is 8.01. The molecule has 0 saturated carbocycles. The number of hydrogen-bond acceptors (Lipinski definition) is 5. The van der Waals surface area contributed by atoms with Gasteiger partial charge in [0.25, 0.3) is 0 Å². The summed E-state index contributed by atoms with van der Waals surface area (Å²) in [6, 6.07) is 3.39. The summed E-state index contributed by atoms with van der Waals surface area (Å²) in [7, 11) is -0.579. The van der Waals surface area contributed by atoms with E-state index >= 15 is 0 Å². The zero-order valence-corrected chi connectivity index (χ0v) is 16.0. The average Bonchev–Trinajstić information content (AvgIpc) is 2.41. The molecule has 1 aromatic carbocycles. The van der Waals surface area contributed by atoms with Gasteiger partial charge in [-0.1, -0.05) is 0 Å². The fourth-order valence-corrected chi connectivity index (χ4v) is 3.84. The van der Waals surface area contributed by atoms with Crippen LogP contribution >= 0.6 is 22.6 Å². The van der Waals surface area contributed by atoms with E-state index in [0.29, 0.717) is 16.9 Å². The highest BCUT2D eigenvalue weighted by molar-refractivity contribution is 14.1. The molecule has 22 heavy (non-hydrogen) atoms. The van der Waals surface area contributed by atoms with Crippen molar-refractivity contribution in [3.8, 4) is 5.75 Å². The van der Waals surface area contributed by atoms with Crippen LogP contribution in [0, 0.1) is 13.8 Å². The molecule has 0 aliphatic heterocycles. The Balaban J connectivity index is 2.92. The van der Waals surface area contributed by atoms with Crippen molar-refractivity contribution in [2.24, 2.45) is 0 Å². The highest BCUT2D eigenvalue weighted by Crippen LogP contribution is 2.27. The maximum Gasteiger partial charge on any atom is 0.243 e. The number of nitrogens with zero attached hydrogens (tertiary/aromatic N) is 1. The molecule has 0 aliphatic carbocycles. The molecular formula is C14H20INO5S. The standard InChI is InChI=1S/C14H20INO5S/c1-10-7-12(20-4)8-11(2)14(10)22(18,19)16(3)5-6-21-9-13(15)17/h7-8H,5-6,9H2,1-4H3. The minimum atomic E-state index is -3.62. The van der Waals surface area contributed by atoms with Gasteiger partial charge in [-0.3, -0.25) is 4.79 Å². The van der Waals surface area contributed by atoms with Crippen molar-refractivity contribution in [2.75, 3.05) is 33.9 Å². The van der Waals surface area contributed by atoms with E-state index in [0.717, 1.165) is 0 Å². The third-order valence-electron chi connectivity index (χ3n) is 3.10. The highest BCUT2D eigenvalue weighted by atomic mass is 127. The van der Waals surface area contributed by atoms with Gasteiger partial charge in [-0.2, -0.15) is 4.31 Å². The summed E-state index contributed by atoms with van der Waals surface area (Å²) in [6.45, 7) is 3.80. The summed E-state index contributed by atoms with van der Waals surface area (Å²) in [4.78, 5) is 11.1. The molecule has 0 saturated heterocycles. The third kappa shape index (κ3) is 4.90. The number of rotatable bonds is 8. The van der Waals surface area contributed by atoms with Crippen molar-refractivity contribution in [1.82, 2.24) is 4.31 Å². The lowest BCUT2D eigenvalue weighted by Gasteiger charge is -2.20. The second-order valence-electron chi connectivity index (χ2n) is 4.82. The van der Waals surface area contributed by atoms with E-state index in [-0.39, 0.29) is 28.4 Å². The molecule has 6 nitrogen and oxygen atoms in total. The number of sulfonamides is 1. The molecule has 0 heterocycles. The number of aryl methyl sites for hydroxylation is 2. The van der Waals surface area contributed by atoms with E-state index in [4.69, 9.17) is 9.47 Å². The summed E-state index contributed by atoms with van der Waals surface area (Å²) in [5.74, 6) is 0.625. The third-order valence-corrected chi connectivity index (χ3v) is 5.58. The minimum Gasteiger partial charge on any atom is -0.497 e. The van der Waals surface area contributed by atoms with Crippen molar-refractivity contribution >= 4 is 36.4 Å². The number of methoxy groups -OCH3 is 1. The van der Waals surface area contributed by atoms with Crippen LogP contribution < -0.4 is 4.74 Å². The van der Waals surface area contributed by atoms with Gasteiger partial charge in [-0.05, 0) is 37.1 Å². The molecule has 0 fully saturated rings. The largest absolute Gasteiger partial charge is 0.497 e. The Hall–Kier alpha value is -0.710. The molecule has 124 valence electrons. The molecule has 1 aromatic rings. The normalized spacial score (nSPS) is 11.7. The molecule has 0 radical (unpaired) electrons. The second kappa shape index (κ2) is 8.23. The average molecular weight is 441 g/mol. The van der Waals surface area contributed by atoms with Crippen LogP contribution in [0.4, 0.5) is 0 Å². The number of benzene rings is 1. The maximum atomic E-state index is 12.7. The molecule has 0 N–H and O–H groups in total. The lowest BCUT2D eigenvalue weighted by molar-refractivity contribution is -0.113. The van der Waals surface area contributed by atoms with Gasteiger partial charge in [0.15, 0.2) is 0 Å². The number of halogens is 1. The van der Waals surface area contributed by atoms with Gasteiger partial charge >= 0.3 is 0 Å². The topological polar surface area (TPSA) is 72.9 Å². The van der Waals surface area contributed by atoms with Gasteiger partial charge in [0, 0.05) is 36.2 Å². The van der Waals surface area contributed by atoms with Crippen molar-refractivity contribution in [3.05, 3.63) is 23.3 Å². The first-order valence-electron chi connectivity index (χ1n) is 6.57. The molecule has 0 spiro atoms. The first kappa shape index (κ1) is 19.3. The Kier molecular flexibility index (Phi) is 7.23. The van der Waals surface area contributed by atoms with E-state index in [1.54, 1.807) is 55.7 Å². The number of ether oxygens (including phenoxy) is 2. The Labute approximate surface area is 145 Å². The summed E-state index contributed by atoms with van der Waals surface area (Å²) >= 11 is 1.63. The molecule has 8 heteroatoms. The molecule has 0 bridgehead atoms. The lowest BCUT2D eigenvalue weighted by Crippen LogP contribution is -2.31. The first-order chi connectivity index (χ1) is 10.2. The minimum absolute atomic E-state index is 0.0188. The SMILES string of the molecule is COc1cc(C)c(S(=O)(=O)N(C)CCOCC(=O)I)c(C)c1. The molecule has 0 aromatic heterocycles. The van der Waals surface area contributed by atoms with Crippen LogP contribution in [0.5, 0.6) is 5.75 Å². The van der Waals surface area contributed by atoms with Gasteiger partial charge in [0.05, 0.1) is 18.6 Å². The number of carbonyl (C=O) groups is 1. The first-order valence-corrected chi connectivity index (χ1v) is 9.09. The van der Waals surface area contributed by atoms with Crippen molar-refractivity contribution in [3.63, 3.8) is 0 Å². The van der Waals surface area contributed by atoms with Crippen molar-refractivity contribution in [1.29, 1.82) is 0 Å². The monoisotopic (exact) mass is 441 g/mol. The van der Waals surface area contributed by atoms with Crippen molar-refractivity contribution < 1.29 is 22.7 Å². The van der Waals surface area contributed by atoms with Gasteiger partial charge in [0.2, 0.25) is 13.8 Å². The van der Waals surface area contributed by atoms with Crippen LogP contribution in [0.2, 0.25) is 0 Å². The van der Waals surface area contributed by atoms with E-state index < -0.39 is 10.0 Å². The van der Waals surface area contributed by atoms with Gasteiger partial charge in [-0.15, -0.1) is 0 Å². The van der Waals surface area contributed by atoms with Gasteiger partial charge in [-0.25, -0.2) is 8.42 Å². The van der Waals surface area contributed by atoms with Crippen LogP contribution in [0.25, 0.3) is 0 Å². The predicted octanol–water partition coefficient (Wildman–Crippen LogP) is 1.91. The molecule has 0 aliphatic rings. The van der Waals surface area contributed by atoms with Crippen molar-refractivity contribution in [2.45, 2.75) is 18.7 Å². The zero-order chi connectivity index (χ0) is 16.9. The maximum absolute atomic E-state index is 12.7. The molecular weight excluding hydrogens is 421 g/mol. The predicted molar refractivity (Wildman–Crippen MR) is 92.1 cm³/mol. The Morgan fingerprint density at radius 3 is 2.27 bits per heavy atom. The Morgan fingerprint density at radius 2 is 1.82 bits per heavy atom. The van der Waals surface area contributed by atoms with Crippen LogP contribution in [0.15, 0.2) is 17.0 Å². The van der Waals surface area contributed by atoms with Gasteiger partial charge < -0.3 is 9.47 Å². The summed E-state index contributed by atoms with van der Waals surface area (Å²) in [5, 5.41) is 0. The molecule has 1 rings (SSSR count).